The van der Waals surface area contributed by atoms with Crippen LogP contribution in [0.5, 0.6) is 0 Å². The molecule has 0 saturated heterocycles. The van der Waals surface area contributed by atoms with Crippen molar-refractivity contribution in [1.82, 2.24) is 4.98 Å². The van der Waals surface area contributed by atoms with E-state index in [0.717, 1.165) is 25.0 Å². The predicted octanol–water partition coefficient (Wildman–Crippen LogP) is 2.09. The summed E-state index contributed by atoms with van der Waals surface area (Å²) in [6.45, 7) is 2.15. The Morgan fingerprint density at radius 1 is 1.62 bits per heavy atom. The topological polar surface area (TPSA) is 33.1 Å². The van der Waals surface area contributed by atoms with E-state index in [1.807, 2.05) is 18.2 Å². The summed E-state index contributed by atoms with van der Waals surface area (Å²) in [5, 5.41) is 10.1. The molecule has 1 fully saturated rings. The molecule has 1 aliphatic carbocycles. The van der Waals surface area contributed by atoms with Crippen molar-refractivity contribution in [3.05, 3.63) is 30.1 Å². The summed E-state index contributed by atoms with van der Waals surface area (Å²) in [5.74, 6) is 0.437. The van der Waals surface area contributed by atoms with Gasteiger partial charge < -0.3 is 5.11 Å². The molecule has 2 heteroatoms. The van der Waals surface area contributed by atoms with Gasteiger partial charge in [-0.05, 0) is 30.9 Å². The smallest absolute Gasteiger partial charge is 0.110 e. The van der Waals surface area contributed by atoms with Crippen LogP contribution in [0.2, 0.25) is 0 Å². The van der Waals surface area contributed by atoms with Gasteiger partial charge in [-0.1, -0.05) is 19.4 Å². The van der Waals surface area contributed by atoms with Crippen LogP contribution >= 0.6 is 0 Å². The summed E-state index contributed by atoms with van der Waals surface area (Å²) in [6, 6.07) is 5.72. The van der Waals surface area contributed by atoms with Gasteiger partial charge >= 0.3 is 0 Å². The van der Waals surface area contributed by atoms with E-state index in [4.69, 9.17) is 0 Å². The highest BCUT2D eigenvalue weighted by molar-refractivity contribution is 5.22. The molecule has 0 amide bonds. The van der Waals surface area contributed by atoms with Crippen molar-refractivity contribution in [3.8, 4) is 0 Å². The van der Waals surface area contributed by atoms with E-state index in [1.54, 1.807) is 6.20 Å². The number of aliphatic hydroxyl groups is 1. The fourth-order valence-electron chi connectivity index (χ4n) is 1.94. The molecule has 1 heterocycles. The third-order valence-electron chi connectivity index (χ3n) is 2.82. The van der Waals surface area contributed by atoms with Crippen LogP contribution in [0.25, 0.3) is 0 Å². The molecule has 2 nitrogen and oxygen atoms in total. The average molecular weight is 177 g/mol. The van der Waals surface area contributed by atoms with E-state index in [0.29, 0.717) is 5.92 Å². The van der Waals surface area contributed by atoms with Gasteiger partial charge in [0.05, 0.1) is 5.69 Å². The Morgan fingerprint density at radius 2 is 2.46 bits per heavy atom. The number of hydrogen-bond acceptors (Lipinski definition) is 2. The van der Waals surface area contributed by atoms with Crippen molar-refractivity contribution in [2.24, 2.45) is 5.92 Å². The maximum Gasteiger partial charge on any atom is 0.110 e. The van der Waals surface area contributed by atoms with Crippen LogP contribution in [-0.2, 0) is 5.60 Å². The van der Waals surface area contributed by atoms with Crippen LogP contribution in [0.1, 0.15) is 31.9 Å². The third kappa shape index (κ3) is 1.46. The minimum atomic E-state index is -0.600. The van der Waals surface area contributed by atoms with Gasteiger partial charge in [-0.15, -0.1) is 0 Å². The SMILES string of the molecule is CCCC1CC1(O)c1ccccn1. The summed E-state index contributed by atoms with van der Waals surface area (Å²) in [5.41, 5.74) is 0.241. The number of nitrogens with zero attached hydrogens (tertiary/aromatic N) is 1. The Hall–Kier alpha value is -0.890. The number of rotatable bonds is 3. The quantitative estimate of drug-likeness (QED) is 0.766. The van der Waals surface area contributed by atoms with Gasteiger partial charge in [0.2, 0.25) is 0 Å². The summed E-state index contributed by atoms with van der Waals surface area (Å²) in [6.07, 6.45) is 4.87. The molecule has 0 aromatic carbocycles. The van der Waals surface area contributed by atoms with Crippen LogP contribution in [-0.4, -0.2) is 10.1 Å². The first-order valence-corrected chi connectivity index (χ1v) is 4.91. The Morgan fingerprint density at radius 3 is 3.08 bits per heavy atom. The molecule has 13 heavy (non-hydrogen) atoms. The van der Waals surface area contributed by atoms with Crippen molar-refractivity contribution in [1.29, 1.82) is 0 Å². The first-order chi connectivity index (χ1) is 6.27. The molecule has 2 unspecified atom stereocenters. The maximum absolute atomic E-state index is 10.1. The normalized spacial score (nSPS) is 31.7. The van der Waals surface area contributed by atoms with E-state index < -0.39 is 5.60 Å². The lowest BCUT2D eigenvalue weighted by atomic mass is 10.1. The average Bonchev–Trinajstić information content (AvgIpc) is 2.81. The molecule has 0 aliphatic heterocycles. The lowest BCUT2D eigenvalue weighted by Crippen LogP contribution is -2.10. The zero-order valence-corrected chi connectivity index (χ0v) is 7.90. The van der Waals surface area contributed by atoms with Gasteiger partial charge in [0.1, 0.15) is 5.60 Å². The van der Waals surface area contributed by atoms with Gasteiger partial charge in [0.15, 0.2) is 0 Å². The molecule has 1 aromatic heterocycles. The second-order valence-corrected chi connectivity index (χ2v) is 3.83. The fraction of sp³-hybridized carbons (Fsp3) is 0.545. The number of pyridine rings is 1. The van der Waals surface area contributed by atoms with E-state index in [1.165, 1.54) is 0 Å². The minimum absolute atomic E-state index is 0.437. The van der Waals surface area contributed by atoms with Crippen LogP contribution in [0.4, 0.5) is 0 Å². The summed E-state index contributed by atoms with van der Waals surface area (Å²) < 4.78 is 0. The van der Waals surface area contributed by atoms with Crippen molar-refractivity contribution in [2.45, 2.75) is 31.8 Å². The molecule has 1 saturated carbocycles. The molecule has 1 N–H and O–H groups in total. The Balaban J connectivity index is 2.11. The lowest BCUT2D eigenvalue weighted by molar-refractivity contribution is 0.124. The van der Waals surface area contributed by atoms with E-state index in [9.17, 15) is 5.11 Å². The number of hydrogen-bond donors (Lipinski definition) is 1. The molecule has 0 bridgehead atoms. The molecular formula is C11H15NO. The van der Waals surface area contributed by atoms with Gasteiger partial charge in [-0.3, -0.25) is 4.98 Å². The molecule has 2 atom stereocenters. The van der Waals surface area contributed by atoms with Gasteiger partial charge in [0.25, 0.3) is 0 Å². The second kappa shape index (κ2) is 3.11. The molecule has 1 aliphatic rings. The van der Waals surface area contributed by atoms with Crippen molar-refractivity contribution in [3.63, 3.8) is 0 Å². The van der Waals surface area contributed by atoms with Crippen LogP contribution in [0.3, 0.4) is 0 Å². The molecule has 2 rings (SSSR count). The molecule has 1 aromatic rings. The summed E-state index contributed by atoms with van der Waals surface area (Å²) in [7, 11) is 0. The minimum Gasteiger partial charge on any atom is -0.383 e. The Bertz CT molecular complexity index is 285. The van der Waals surface area contributed by atoms with Crippen molar-refractivity contribution < 1.29 is 5.11 Å². The van der Waals surface area contributed by atoms with Gasteiger partial charge in [-0.2, -0.15) is 0 Å². The van der Waals surface area contributed by atoms with Crippen molar-refractivity contribution in [2.75, 3.05) is 0 Å². The molecule has 0 spiro atoms. The highest BCUT2D eigenvalue weighted by atomic mass is 16.3. The first-order valence-electron chi connectivity index (χ1n) is 4.91. The third-order valence-corrected chi connectivity index (χ3v) is 2.82. The lowest BCUT2D eigenvalue weighted by Gasteiger charge is -2.08. The fourth-order valence-corrected chi connectivity index (χ4v) is 1.94. The first kappa shape index (κ1) is 8.70. The summed E-state index contributed by atoms with van der Waals surface area (Å²) in [4.78, 5) is 4.19. The Labute approximate surface area is 78.6 Å². The summed E-state index contributed by atoms with van der Waals surface area (Å²) >= 11 is 0. The number of aromatic nitrogens is 1. The Kier molecular flexibility index (Phi) is 2.08. The largest absolute Gasteiger partial charge is 0.383 e. The van der Waals surface area contributed by atoms with E-state index >= 15 is 0 Å². The standard InChI is InChI=1S/C11H15NO/c1-2-5-9-8-11(9,13)10-6-3-4-7-12-10/h3-4,6-7,9,13H,2,5,8H2,1H3. The highest BCUT2D eigenvalue weighted by Gasteiger charge is 2.54. The molecular weight excluding hydrogens is 162 g/mol. The van der Waals surface area contributed by atoms with E-state index in [-0.39, 0.29) is 0 Å². The van der Waals surface area contributed by atoms with Gasteiger partial charge in [0, 0.05) is 6.20 Å². The zero-order chi connectivity index (χ0) is 9.31. The maximum atomic E-state index is 10.1. The van der Waals surface area contributed by atoms with Crippen LogP contribution in [0, 0.1) is 5.92 Å². The van der Waals surface area contributed by atoms with Crippen LogP contribution in [0.15, 0.2) is 24.4 Å². The van der Waals surface area contributed by atoms with E-state index in [2.05, 4.69) is 11.9 Å². The molecule has 0 radical (unpaired) electrons. The monoisotopic (exact) mass is 177 g/mol. The zero-order valence-electron chi connectivity index (χ0n) is 7.90. The van der Waals surface area contributed by atoms with Crippen LogP contribution < -0.4 is 0 Å². The van der Waals surface area contributed by atoms with Gasteiger partial charge in [-0.25, -0.2) is 0 Å². The molecule has 70 valence electrons. The second-order valence-electron chi connectivity index (χ2n) is 3.83. The van der Waals surface area contributed by atoms with Crippen molar-refractivity contribution >= 4 is 0 Å². The predicted molar refractivity (Wildman–Crippen MR) is 51.1 cm³/mol. The highest BCUT2D eigenvalue weighted by Crippen LogP contribution is 2.53.